The number of fused-ring (bicyclic) bond motifs is 4. The number of hydrogen-bond acceptors (Lipinski definition) is 3. The van der Waals surface area contributed by atoms with Gasteiger partial charge in [0.25, 0.3) is 5.91 Å². The van der Waals surface area contributed by atoms with Gasteiger partial charge in [-0.25, -0.2) is 0 Å². The van der Waals surface area contributed by atoms with Crippen LogP contribution >= 0.6 is 0 Å². The first kappa shape index (κ1) is 13.6. The van der Waals surface area contributed by atoms with E-state index in [1.54, 1.807) is 6.20 Å². The van der Waals surface area contributed by atoms with E-state index in [2.05, 4.69) is 35.8 Å². The van der Waals surface area contributed by atoms with E-state index in [4.69, 9.17) is 0 Å². The number of likely N-dealkylation sites (N-methyl/N-ethyl adjacent to an activating group) is 1. The fourth-order valence-electron chi connectivity index (χ4n) is 3.46. The van der Waals surface area contributed by atoms with Crippen molar-refractivity contribution in [2.24, 2.45) is 5.92 Å². The Balaban J connectivity index is 1.79. The molecule has 0 aromatic carbocycles. The number of piperidine rings is 1. The van der Waals surface area contributed by atoms with Crippen LogP contribution in [-0.4, -0.2) is 58.2 Å². The molecule has 0 radical (unpaired) electrons. The first-order chi connectivity index (χ1) is 9.54. The van der Waals surface area contributed by atoms with Crippen LogP contribution in [0.3, 0.4) is 0 Å². The molecule has 0 saturated carbocycles. The third-order valence-corrected chi connectivity index (χ3v) is 4.53. The van der Waals surface area contributed by atoms with Crippen molar-refractivity contribution in [3.05, 3.63) is 18.0 Å². The molecule has 0 unspecified atom stereocenters. The predicted octanol–water partition coefficient (Wildman–Crippen LogP) is 1.63. The highest BCUT2D eigenvalue weighted by Crippen LogP contribution is 2.28. The SMILES string of the molecule is CC(C)n1cc(C(=O)N2C[C@@H]3CC[C@H]2CN(C)C3)cn1. The van der Waals surface area contributed by atoms with E-state index in [0.29, 0.717) is 18.0 Å². The molecule has 1 aromatic rings. The average Bonchev–Trinajstić information content (AvgIpc) is 2.76. The molecule has 3 saturated heterocycles. The number of aromatic nitrogens is 2. The van der Waals surface area contributed by atoms with Crippen LogP contribution < -0.4 is 0 Å². The molecule has 0 spiro atoms. The lowest BCUT2D eigenvalue weighted by molar-refractivity contribution is 0.0587. The van der Waals surface area contributed by atoms with Gasteiger partial charge < -0.3 is 9.80 Å². The van der Waals surface area contributed by atoms with Crippen molar-refractivity contribution in [3.63, 3.8) is 0 Å². The van der Waals surface area contributed by atoms with Gasteiger partial charge in [-0.15, -0.1) is 0 Å². The Bertz CT molecular complexity index is 496. The Hall–Kier alpha value is -1.36. The summed E-state index contributed by atoms with van der Waals surface area (Å²) in [5, 5.41) is 4.29. The summed E-state index contributed by atoms with van der Waals surface area (Å²) in [5.41, 5.74) is 0.730. The molecule has 2 atom stereocenters. The standard InChI is InChI=1S/C15H24N4O/c1-11(2)19-9-13(6-16-19)15(20)18-8-12-4-5-14(18)10-17(3)7-12/h6,9,11-12,14H,4-5,7-8,10H2,1-3H3/t12-,14+/m1/s1. The van der Waals surface area contributed by atoms with Gasteiger partial charge >= 0.3 is 0 Å². The van der Waals surface area contributed by atoms with E-state index in [1.807, 2.05) is 10.9 Å². The highest BCUT2D eigenvalue weighted by molar-refractivity contribution is 5.94. The average molecular weight is 276 g/mol. The quantitative estimate of drug-likeness (QED) is 0.824. The lowest BCUT2D eigenvalue weighted by atomic mass is 9.94. The Morgan fingerprint density at radius 2 is 2.10 bits per heavy atom. The van der Waals surface area contributed by atoms with Gasteiger partial charge in [0.1, 0.15) is 0 Å². The summed E-state index contributed by atoms with van der Waals surface area (Å²) in [5.74, 6) is 0.782. The van der Waals surface area contributed by atoms with E-state index in [0.717, 1.165) is 31.6 Å². The minimum Gasteiger partial charge on any atom is -0.334 e. The van der Waals surface area contributed by atoms with Crippen molar-refractivity contribution in [2.45, 2.75) is 38.8 Å². The van der Waals surface area contributed by atoms with Crippen LogP contribution in [0.4, 0.5) is 0 Å². The number of nitrogens with zero attached hydrogens (tertiary/aromatic N) is 4. The number of carbonyl (C=O) groups excluding carboxylic acids is 1. The maximum absolute atomic E-state index is 12.7. The minimum atomic E-state index is 0.155. The van der Waals surface area contributed by atoms with Gasteiger partial charge in [-0.05, 0) is 39.7 Å². The van der Waals surface area contributed by atoms with Gasteiger partial charge in [0.2, 0.25) is 0 Å². The van der Waals surface area contributed by atoms with Crippen LogP contribution in [-0.2, 0) is 0 Å². The van der Waals surface area contributed by atoms with E-state index < -0.39 is 0 Å². The first-order valence-corrected chi connectivity index (χ1v) is 7.58. The molecule has 20 heavy (non-hydrogen) atoms. The van der Waals surface area contributed by atoms with E-state index in [1.165, 1.54) is 6.42 Å². The summed E-state index contributed by atoms with van der Waals surface area (Å²) in [6, 6.07) is 0.664. The van der Waals surface area contributed by atoms with Crippen LogP contribution in [0.25, 0.3) is 0 Å². The monoisotopic (exact) mass is 276 g/mol. The molecule has 0 N–H and O–H groups in total. The minimum absolute atomic E-state index is 0.155. The van der Waals surface area contributed by atoms with E-state index >= 15 is 0 Å². The van der Waals surface area contributed by atoms with Crippen LogP contribution in [0.5, 0.6) is 0 Å². The highest BCUT2D eigenvalue weighted by Gasteiger charge is 2.36. The van der Waals surface area contributed by atoms with Crippen molar-refractivity contribution in [1.82, 2.24) is 19.6 Å². The van der Waals surface area contributed by atoms with Crippen molar-refractivity contribution >= 4 is 5.91 Å². The molecular weight excluding hydrogens is 252 g/mol. The van der Waals surface area contributed by atoms with Gasteiger partial charge in [0, 0.05) is 37.9 Å². The van der Waals surface area contributed by atoms with Crippen molar-refractivity contribution in [3.8, 4) is 0 Å². The molecule has 5 heteroatoms. The Morgan fingerprint density at radius 3 is 2.80 bits per heavy atom. The molecule has 0 aliphatic carbocycles. The number of rotatable bonds is 2. The highest BCUT2D eigenvalue weighted by atomic mass is 16.2. The zero-order valence-electron chi connectivity index (χ0n) is 12.6. The molecule has 110 valence electrons. The summed E-state index contributed by atoms with van der Waals surface area (Å²) in [6.07, 6.45) is 5.99. The molecule has 3 fully saturated rings. The predicted molar refractivity (Wildman–Crippen MR) is 77.7 cm³/mol. The van der Waals surface area contributed by atoms with Crippen LogP contribution in [0, 0.1) is 5.92 Å². The smallest absolute Gasteiger partial charge is 0.257 e. The van der Waals surface area contributed by atoms with Gasteiger partial charge in [-0.1, -0.05) is 0 Å². The molecule has 3 aliphatic rings. The lowest BCUT2D eigenvalue weighted by Gasteiger charge is -2.36. The number of hydrogen-bond donors (Lipinski definition) is 0. The van der Waals surface area contributed by atoms with Gasteiger partial charge in [0.05, 0.1) is 11.8 Å². The second kappa shape index (κ2) is 5.20. The zero-order chi connectivity index (χ0) is 14.3. The third kappa shape index (κ3) is 2.46. The molecule has 5 nitrogen and oxygen atoms in total. The van der Waals surface area contributed by atoms with E-state index in [9.17, 15) is 4.79 Å². The van der Waals surface area contributed by atoms with Crippen LogP contribution in [0.2, 0.25) is 0 Å². The van der Waals surface area contributed by atoms with Crippen molar-refractivity contribution < 1.29 is 4.79 Å². The van der Waals surface area contributed by atoms with Crippen LogP contribution in [0.15, 0.2) is 12.4 Å². The lowest BCUT2D eigenvalue weighted by Crippen LogP contribution is -2.47. The maximum Gasteiger partial charge on any atom is 0.257 e. The topological polar surface area (TPSA) is 41.4 Å². The first-order valence-electron chi connectivity index (χ1n) is 7.58. The molecule has 4 rings (SSSR count). The van der Waals surface area contributed by atoms with Gasteiger partial charge in [0.15, 0.2) is 0 Å². The Labute approximate surface area is 120 Å². The van der Waals surface area contributed by atoms with Gasteiger partial charge in [-0.2, -0.15) is 5.10 Å². The summed E-state index contributed by atoms with van der Waals surface area (Å²) in [6.45, 7) is 7.17. The maximum atomic E-state index is 12.7. The molecule has 1 amide bonds. The molecule has 3 aliphatic heterocycles. The van der Waals surface area contributed by atoms with E-state index in [-0.39, 0.29) is 5.91 Å². The zero-order valence-corrected chi connectivity index (χ0v) is 12.6. The summed E-state index contributed by atoms with van der Waals surface area (Å²) >= 11 is 0. The third-order valence-electron chi connectivity index (χ3n) is 4.53. The molecule has 1 aromatic heterocycles. The summed E-state index contributed by atoms with van der Waals surface area (Å²) in [7, 11) is 2.16. The summed E-state index contributed by atoms with van der Waals surface area (Å²) in [4.78, 5) is 17.2. The second-order valence-corrected chi connectivity index (χ2v) is 6.58. The fourth-order valence-corrected chi connectivity index (χ4v) is 3.46. The molecule has 4 heterocycles. The fraction of sp³-hybridized carbons (Fsp3) is 0.733. The van der Waals surface area contributed by atoms with Crippen LogP contribution in [0.1, 0.15) is 43.1 Å². The molecule has 2 bridgehead atoms. The van der Waals surface area contributed by atoms with Crippen molar-refractivity contribution in [2.75, 3.05) is 26.7 Å². The summed E-state index contributed by atoms with van der Waals surface area (Å²) < 4.78 is 1.86. The largest absolute Gasteiger partial charge is 0.334 e. The van der Waals surface area contributed by atoms with Gasteiger partial charge in [-0.3, -0.25) is 9.48 Å². The molecular formula is C15H24N4O. The number of carbonyl (C=O) groups is 1. The Kier molecular flexibility index (Phi) is 3.54. The van der Waals surface area contributed by atoms with Crippen molar-refractivity contribution in [1.29, 1.82) is 0 Å². The number of amides is 1. The second-order valence-electron chi connectivity index (χ2n) is 6.58. The Morgan fingerprint density at radius 1 is 1.30 bits per heavy atom. The normalized spacial score (nSPS) is 27.1.